The molecule has 0 saturated heterocycles. The van der Waals surface area contributed by atoms with Gasteiger partial charge >= 0.3 is 5.97 Å². The number of nitrogens with zero attached hydrogens (tertiary/aromatic N) is 2. The first-order chi connectivity index (χ1) is 12.6. The summed E-state index contributed by atoms with van der Waals surface area (Å²) >= 11 is 0. The van der Waals surface area contributed by atoms with Crippen molar-refractivity contribution in [2.24, 2.45) is 5.10 Å². The third-order valence-electron chi connectivity index (χ3n) is 4.40. The third-order valence-corrected chi connectivity index (χ3v) is 4.40. The zero-order valence-corrected chi connectivity index (χ0v) is 14.6. The van der Waals surface area contributed by atoms with Gasteiger partial charge in [0, 0.05) is 18.7 Å². The minimum Gasteiger partial charge on any atom is -0.421 e. The molecule has 128 valence electrons. The van der Waals surface area contributed by atoms with E-state index in [9.17, 15) is 4.79 Å². The number of hydrogen-bond donors (Lipinski definition) is 0. The number of carbonyl (C=O) groups excluding carboxylic acids is 1. The second-order valence-corrected chi connectivity index (χ2v) is 6.27. The maximum Gasteiger partial charge on any atom is 0.364 e. The summed E-state index contributed by atoms with van der Waals surface area (Å²) in [5.41, 5.74) is 3.26. The van der Waals surface area contributed by atoms with E-state index in [-0.39, 0.29) is 5.71 Å². The van der Waals surface area contributed by atoms with E-state index >= 15 is 0 Å². The van der Waals surface area contributed by atoms with Gasteiger partial charge in [0.05, 0.1) is 5.69 Å². The number of fused-ring (bicyclic) bond motifs is 1. The first-order valence-corrected chi connectivity index (χ1v) is 8.43. The topological polar surface area (TPSA) is 41.9 Å². The van der Waals surface area contributed by atoms with Crippen LogP contribution in [0, 0.1) is 6.92 Å². The summed E-state index contributed by atoms with van der Waals surface area (Å²) in [6, 6.07) is 21.9. The van der Waals surface area contributed by atoms with Crippen molar-refractivity contribution in [3.8, 4) is 0 Å². The molecule has 0 saturated carbocycles. The number of carbonyl (C=O) groups is 1. The molecule has 0 radical (unpaired) electrons. The Morgan fingerprint density at radius 3 is 2.46 bits per heavy atom. The monoisotopic (exact) mass is 342 g/mol. The van der Waals surface area contributed by atoms with Gasteiger partial charge in [0.15, 0.2) is 5.71 Å². The second kappa shape index (κ2) is 6.48. The van der Waals surface area contributed by atoms with E-state index in [4.69, 9.17) is 4.74 Å². The number of hydrazone groups is 1. The molecule has 4 rings (SSSR count). The molecule has 0 spiro atoms. The summed E-state index contributed by atoms with van der Waals surface area (Å²) in [5, 5.41) is 8.24. The first kappa shape index (κ1) is 16.1. The molecular formula is C22H18N2O2. The van der Waals surface area contributed by atoms with Crippen LogP contribution in [-0.2, 0) is 9.53 Å². The van der Waals surface area contributed by atoms with E-state index in [2.05, 4.69) is 5.10 Å². The molecule has 3 aromatic carbocycles. The van der Waals surface area contributed by atoms with Gasteiger partial charge in [-0.15, -0.1) is 0 Å². The molecular weight excluding hydrogens is 324 g/mol. The van der Waals surface area contributed by atoms with Crippen LogP contribution < -0.4 is 5.01 Å². The van der Waals surface area contributed by atoms with Crippen LogP contribution in [0.3, 0.4) is 0 Å². The molecule has 0 N–H and O–H groups in total. The molecule has 0 fully saturated rings. The van der Waals surface area contributed by atoms with E-state index in [0.717, 1.165) is 22.0 Å². The number of esters is 1. The summed E-state index contributed by atoms with van der Waals surface area (Å²) in [4.78, 5) is 12.3. The Balaban J connectivity index is 1.69. The molecule has 1 heterocycles. The van der Waals surface area contributed by atoms with Crippen LogP contribution in [0.1, 0.15) is 11.1 Å². The summed E-state index contributed by atoms with van der Waals surface area (Å²) < 4.78 is 5.49. The highest BCUT2D eigenvalue weighted by Crippen LogP contribution is 2.29. The number of hydrogen-bond acceptors (Lipinski definition) is 4. The molecule has 4 nitrogen and oxygen atoms in total. The van der Waals surface area contributed by atoms with Crippen molar-refractivity contribution >= 4 is 33.9 Å². The average Bonchev–Trinajstić information content (AvgIpc) is 3.02. The highest BCUT2D eigenvalue weighted by atomic mass is 16.5. The molecule has 1 aliphatic rings. The van der Waals surface area contributed by atoms with E-state index in [0.29, 0.717) is 5.76 Å². The SMILES string of the molecule is Cc1ccc(N(C)/N=C2\C=C(c3cccc4ccccc34)OC2=O)cc1. The molecule has 0 atom stereocenters. The number of rotatable bonds is 3. The molecule has 0 amide bonds. The molecule has 0 unspecified atom stereocenters. The maximum absolute atomic E-state index is 12.3. The van der Waals surface area contributed by atoms with Crippen LogP contribution >= 0.6 is 0 Å². The molecule has 3 aromatic rings. The van der Waals surface area contributed by atoms with Gasteiger partial charge in [-0.1, -0.05) is 60.2 Å². The third kappa shape index (κ3) is 2.97. The molecule has 1 aliphatic heterocycles. The largest absolute Gasteiger partial charge is 0.421 e. The molecule has 0 bridgehead atoms. The maximum atomic E-state index is 12.3. The summed E-state index contributed by atoms with van der Waals surface area (Å²) in [6.45, 7) is 2.03. The summed E-state index contributed by atoms with van der Waals surface area (Å²) in [7, 11) is 1.81. The fraction of sp³-hybridized carbons (Fsp3) is 0.0909. The predicted octanol–water partition coefficient (Wildman–Crippen LogP) is 4.54. The molecule has 0 aromatic heterocycles. The second-order valence-electron chi connectivity index (χ2n) is 6.27. The fourth-order valence-electron chi connectivity index (χ4n) is 2.99. The van der Waals surface area contributed by atoms with Crippen molar-refractivity contribution < 1.29 is 9.53 Å². The van der Waals surface area contributed by atoms with Crippen LogP contribution in [0.15, 0.2) is 77.9 Å². The number of benzene rings is 3. The molecule has 0 aliphatic carbocycles. The predicted molar refractivity (Wildman–Crippen MR) is 105 cm³/mol. The Hall–Kier alpha value is -3.40. The summed E-state index contributed by atoms with van der Waals surface area (Å²) in [6.07, 6.45) is 1.70. The van der Waals surface area contributed by atoms with Gasteiger partial charge in [0.2, 0.25) is 0 Å². The van der Waals surface area contributed by atoms with Gasteiger partial charge in [-0.3, -0.25) is 5.01 Å². The van der Waals surface area contributed by atoms with Gasteiger partial charge in [-0.05, 0) is 29.8 Å². The standard InChI is InChI=1S/C22H18N2O2/c1-15-10-12-17(13-11-15)24(2)23-20-14-21(26-22(20)25)19-9-5-7-16-6-3-4-8-18(16)19/h3-14H,1-2H3/b23-20+. The van der Waals surface area contributed by atoms with Gasteiger partial charge in [-0.25, -0.2) is 4.79 Å². The average molecular weight is 342 g/mol. The Bertz CT molecular complexity index is 1040. The van der Waals surface area contributed by atoms with Gasteiger partial charge < -0.3 is 4.74 Å². The smallest absolute Gasteiger partial charge is 0.364 e. The van der Waals surface area contributed by atoms with E-state index in [1.54, 1.807) is 11.1 Å². The van der Waals surface area contributed by atoms with E-state index < -0.39 is 5.97 Å². The lowest BCUT2D eigenvalue weighted by Crippen LogP contribution is -2.16. The fourth-order valence-corrected chi connectivity index (χ4v) is 2.99. The first-order valence-electron chi connectivity index (χ1n) is 8.43. The van der Waals surface area contributed by atoms with Crippen molar-refractivity contribution in [3.63, 3.8) is 0 Å². The highest BCUT2D eigenvalue weighted by molar-refractivity contribution is 6.45. The number of cyclic esters (lactones) is 1. The molecule has 4 heteroatoms. The van der Waals surface area contributed by atoms with Crippen molar-refractivity contribution in [2.75, 3.05) is 12.1 Å². The highest BCUT2D eigenvalue weighted by Gasteiger charge is 2.25. The molecule has 26 heavy (non-hydrogen) atoms. The van der Waals surface area contributed by atoms with Crippen molar-refractivity contribution in [1.29, 1.82) is 0 Å². The Kier molecular flexibility index (Phi) is 4.01. The lowest BCUT2D eigenvalue weighted by molar-refractivity contribution is -0.128. The number of anilines is 1. The van der Waals surface area contributed by atoms with Crippen molar-refractivity contribution in [3.05, 3.63) is 83.9 Å². The zero-order valence-electron chi connectivity index (χ0n) is 14.6. The normalized spacial score (nSPS) is 15.2. The van der Waals surface area contributed by atoms with Gasteiger partial charge in [0.1, 0.15) is 5.76 Å². The van der Waals surface area contributed by atoms with Crippen LogP contribution in [-0.4, -0.2) is 18.7 Å². The van der Waals surface area contributed by atoms with E-state index in [1.807, 2.05) is 80.7 Å². The van der Waals surface area contributed by atoms with Crippen LogP contribution in [0.5, 0.6) is 0 Å². The van der Waals surface area contributed by atoms with E-state index in [1.165, 1.54) is 5.56 Å². The summed E-state index contributed by atoms with van der Waals surface area (Å²) in [5.74, 6) is 0.0924. The van der Waals surface area contributed by atoms with Crippen LogP contribution in [0.25, 0.3) is 16.5 Å². The minimum atomic E-state index is -0.438. The zero-order chi connectivity index (χ0) is 18.1. The van der Waals surface area contributed by atoms with Crippen molar-refractivity contribution in [1.82, 2.24) is 0 Å². The quantitative estimate of drug-likeness (QED) is 0.518. The van der Waals surface area contributed by atoms with Gasteiger partial charge in [-0.2, -0.15) is 5.10 Å². The van der Waals surface area contributed by atoms with Gasteiger partial charge in [0.25, 0.3) is 0 Å². The number of aryl methyl sites for hydroxylation is 1. The lowest BCUT2D eigenvalue weighted by Gasteiger charge is -2.13. The number of ether oxygens (including phenoxy) is 1. The van der Waals surface area contributed by atoms with Crippen LogP contribution in [0.2, 0.25) is 0 Å². The Morgan fingerprint density at radius 1 is 0.923 bits per heavy atom. The Morgan fingerprint density at radius 2 is 1.65 bits per heavy atom. The van der Waals surface area contributed by atoms with Crippen LogP contribution in [0.4, 0.5) is 5.69 Å². The van der Waals surface area contributed by atoms with Crippen molar-refractivity contribution in [2.45, 2.75) is 6.92 Å². The minimum absolute atomic E-state index is 0.288. The Labute approximate surface area is 152 Å². The lowest BCUT2D eigenvalue weighted by atomic mass is 10.0.